The Balaban J connectivity index is 1.87. The normalized spacial score (nSPS) is 17.5. The minimum absolute atomic E-state index is 0.0257. The number of hydrogen-bond acceptors (Lipinski definition) is 8. The van der Waals surface area contributed by atoms with Crippen LogP contribution in [0.15, 0.2) is 27.9 Å². The molecule has 1 atom stereocenters. The topological polar surface area (TPSA) is 142 Å². The van der Waals surface area contributed by atoms with E-state index in [1.165, 1.54) is 21.1 Å². The van der Waals surface area contributed by atoms with Crippen molar-refractivity contribution in [1.82, 2.24) is 29.4 Å². The van der Waals surface area contributed by atoms with E-state index in [0.29, 0.717) is 47.6 Å². The zero-order valence-electron chi connectivity index (χ0n) is 18.8. The molecule has 3 aromatic rings. The van der Waals surface area contributed by atoms with Crippen molar-refractivity contribution in [1.29, 1.82) is 0 Å². The van der Waals surface area contributed by atoms with E-state index in [1.807, 2.05) is 13.8 Å². The molecule has 0 amide bonds. The van der Waals surface area contributed by atoms with Gasteiger partial charge in [0.15, 0.2) is 5.52 Å². The Morgan fingerprint density at radius 3 is 2.79 bits per heavy atom. The molecule has 4 rings (SSSR count). The van der Waals surface area contributed by atoms with Gasteiger partial charge in [-0.05, 0) is 31.5 Å². The highest BCUT2D eigenvalue weighted by atomic mass is 32.2. The van der Waals surface area contributed by atoms with Crippen LogP contribution in [0.25, 0.3) is 22.4 Å². The summed E-state index contributed by atoms with van der Waals surface area (Å²) in [6, 6.07) is 4.47. The SMILES string of the molecule is CCCc1nn(C)c2c(=O)[nH]c(-c3cc(S(=O)(=O)N4CCNC(O)C4)ccc3OCC)nc12. The Labute approximate surface area is 191 Å². The number of aliphatic hydroxyl groups is 1. The van der Waals surface area contributed by atoms with E-state index in [0.717, 1.165) is 6.42 Å². The monoisotopic (exact) mass is 476 g/mol. The molecule has 0 saturated carbocycles. The van der Waals surface area contributed by atoms with Crippen molar-refractivity contribution in [3.05, 3.63) is 34.2 Å². The zero-order valence-corrected chi connectivity index (χ0v) is 19.6. The highest BCUT2D eigenvalue weighted by molar-refractivity contribution is 7.89. The molecule has 33 heavy (non-hydrogen) atoms. The molecule has 1 aromatic carbocycles. The number of aromatic amines is 1. The molecule has 0 spiro atoms. The molecule has 1 aliphatic rings. The fourth-order valence-corrected chi connectivity index (χ4v) is 5.46. The predicted molar refractivity (Wildman–Crippen MR) is 122 cm³/mol. The van der Waals surface area contributed by atoms with Crippen molar-refractivity contribution in [3.8, 4) is 17.1 Å². The van der Waals surface area contributed by atoms with Crippen molar-refractivity contribution in [2.45, 2.75) is 37.8 Å². The number of nitrogens with zero attached hydrogens (tertiary/aromatic N) is 4. The highest BCUT2D eigenvalue weighted by Crippen LogP contribution is 2.32. The fraction of sp³-hybridized carbons (Fsp3) is 0.476. The van der Waals surface area contributed by atoms with Gasteiger partial charge in [-0.2, -0.15) is 9.40 Å². The van der Waals surface area contributed by atoms with Crippen LogP contribution in [0, 0.1) is 0 Å². The van der Waals surface area contributed by atoms with Gasteiger partial charge >= 0.3 is 0 Å². The highest BCUT2D eigenvalue weighted by Gasteiger charge is 2.30. The lowest BCUT2D eigenvalue weighted by Crippen LogP contribution is -2.52. The average Bonchev–Trinajstić information content (AvgIpc) is 3.10. The summed E-state index contributed by atoms with van der Waals surface area (Å²) >= 11 is 0. The molecule has 3 heterocycles. The first-order valence-electron chi connectivity index (χ1n) is 10.9. The van der Waals surface area contributed by atoms with Crippen LogP contribution in [-0.2, 0) is 23.5 Å². The number of piperazine rings is 1. The number of aryl methyl sites for hydroxylation is 2. The van der Waals surface area contributed by atoms with Gasteiger partial charge in [0.1, 0.15) is 23.3 Å². The summed E-state index contributed by atoms with van der Waals surface area (Å²) in [6.07, 6.45) is 0.564. The maximum absolute atomic E-state index is 13.2. The van der Waals surface area contributed by atoms with Gasteiger partial charge in [-0.3, -0.25) is 14.8 Å². The van der Waals surface area contributed by atoms with E-state index in [4.69, 9.17) is 4.74 Å². The molecule has 178 valence electrons. The zero-order chi connectivity index (χ0) is 23.8. The summed E-state index contributed by atoms with van der Waals surface area (Å²) in [7, 11) is -2.19. The summed E-state index contributed by atoms with van der Waals surface area (Å²) in [5, 5.41) is 17.1. The first-order valence-corrected chi connectivity index (χ1v) is 12.3. The Morgan fingerprint density at radius 1 is 1.30 bits per heavy atom. The van der Waals surface area contributed by atoms with E-state index in [2.05, 4.69) is 20.4 Å². The standard InChI is InChI=1S/C21H28N6O5S/c1-4-6-15-18-19(26(3)25-15)21(29)24-20(23-18)14-11-13(7-8-16(14)32-5-2)33(30,31)27-10-9-22-17(28)12-27/h7-8,11,17,22,28H,4-6,9-10,12H2,1-3H3,(H,23,24,29). The summed E-state index contributed by atoms with van der Waals surface area (Å²) < 4.78 is 35.0. The number of H-pyrrole nitrogens is 1. The fourth-order valence-electron chi connectivity index (χ4n) is 3.99. The van der Waals surface area contributed by atoms with E-state index < -0.39 is 16.3 Å². The second-order valence-corrected chi connectivity index (χ2v) is 9.79. The molecule has 1 aliphatic heterocycles. The molecule has 3 N–H and O–H groups in total. The Kier molecular flexibility index (Phi) is 6.52. The molecule has 0 bridgehead atoms. The maximum atomic E-state index is 13.2. The summed E-state index contributed by atoms with van der Waals surface area (Å²) in [4.78, 5) is 20.3. The molecule has 1 fully saturated rings. The van der Waals surface area contributed by atoms with E-state index in [1.54, 1.807) is 13.1 Å². The third-order valence-electron chi connectivity index (χ3n) is 5.51. The lowest BCUT2D eigenvalue weighted by atomic mass is 10.1. The van der Waals surface area contributed by atoms with Gasteiger partial charge in [-0.15, -0.1) is 0 Å². The van der Waals surface area contributed by atoms with Crippen molar-refractivity contribution in [2.75, 3.05) is 26.2 Å². The predicted octanol–water partition coefficient (Wildman–Crippen LogP) is 0.587. The summed E-state index contributed by atoms with van der Waals surface area (Å²) in [5.74, 6) is 0.610. The minimum Gasteiger partial charge on any atom is -0.493 e. The van der Waals surface area contributed by atoms with Crippen molar-refractivity contribution in [2.24, 2.45) is 7.05 Å². The summed E-state index contributed by atoms with van der Waals surface area (Å²) in [6.45, 7) is 4.71. The molecule has 0 radical (unpaired) electrons. The number of aromatic nitrogens is 4. The van der Waals surface area contributed by atoms with Crippen LogP contribution in [0.1, 0.15) is 26.0 Å². The van der Waals surface area contributed by atoms with E-state index in [-0.39, 0.29) is 29.4 Å². The molecule has 1 unspecified atom stereocenters. The third-order valence-corrected chi connectivity index (χ3v) is 7.37. The van der Waals surface area contributed by atoms with Gasteiger partial charge in [0, 0.05) is 20.1 Å². The number of aliphatic hydroxyl groups excluding tert-OH is 1. The largest absolute Gasteiger partial charge is 0.493 e. The molecule has 12 heteroatoms. The maximum Gasteiger partial charge on any atom is 0.277 e. The molecular weight excluding hydrogens is 448 g/mol. The lowest BCUT2D eigenvalue weighted by Gasteiger charge is -2.30. The quantitative estimate of drug-likeness (QED) is 0.450. The molecule has 0 aliphatic carbocycles. The van der Waals surface area contributed by atoms with Crippen LogP contribution in [0.5, 0.6) is 5.75 Å². The van der Waals surface area contributed by atoms with Crippen LogP contribution in [-0.4, -0.2) is 70.0 Å². The second kappa shape index (κ2) is 9.21. The van der Waals surface area contributed by atoms with Gasteiger partial charge in [-0.25, -0.2) is 13.4 Å². The Hall–Kier alpha value is -2.80. The van der Waals surface area contributed by atoms with Gasteiger partial charge in [0.25, 0.3) is 5.56 Å². The van der Waals surface area contributed by atoms with Crippen LogP contribution >= 0.6 is 0 Å². The second-order valence-electron chi connectivity index (χ2n) is 7.86. The number of nitrogens with one attached hydrogen (secondary N) is 2. The van der Waals surface area contributed by atoms with Crippen LogP contribution in [0.2, 0.25) is 0 Å². The third kappa shape index (κ3) is 4.38. The van der Waals surface area contributed by atoms with E-state index >= 15 is 0 Å². The molecule has 11 nitrogen and oxygen atoms in total. The molecule has 1 saturated heterocycles. The minimum atomic E-state index is -3.88. The van der Waals surface area contributed by atoms with Gasteiger partial charge in [0.2, 0.25) is 10.0 Å². The number of β-amino-alcohol motifs (C(OH)–C–C–N with tert-alkyl or cyclic N) is 1. The van der Waals surface area contributed by atoms with Crippen molar-refractivity contribution >= 4 is 21.1 Å². The number of fused-ring (bicyclic) bond motifs is 1. The van der Waals surface area contributed by atoms with Gasteiger partial charge in [-0.1, -0.05) is 13.3 Å². The van der Waals surface area contributed by atoms with Crippen molar-refractivity contribution < 1.29 is 18.3 Å². The number of sulfonamides is 1. The Morgan fingerprint density at radius 2 is 2.09 bits per heavy atom. The van der Waals surface area contributed by atoms with Crippen LogP contribution in [0.4, 0.5) is 0 Å². The van der Waals surface area contributed by atoms with Gasteiger partial charge < -0.3 is 14.8 Å². The number of ether oxygens (including phenoxy) is 1. The van der Waals surface area contributed by atoms with Gasteiger partial charge in [0.05, 0.1) is 29.3 Å². The van der Waals surface area contributed by atoms with Crippen molar-refractivity contribution in [3.63, 3.8) is 0 Å². The number of hydrogen-bond donors (Lipinski definition) is 3. The molecule has 2 aromatic heterocycles. The molecular formula is C21H28N6O5S. The summed E-state index contributed by atoms with van der Waals surface area (Å²) in [5.41, 5.74) is 1.55. The lowest BCUT2D eigenvalue weighted by molar-refractivity contribution is 0.0880. The van der Waals surface area contributed by atoms with E-state index in [9.17, 15) is 18.3 Å². The first-order chi connectivity index (χ1) is 15.8. The van der Waals surface area contributed by atoms with Crippen LogP contribution < -0.4 is 15.6 Å². The van der Waals surface area contributed by atoms with Crippen LogP contribution in [0.3, 0.4) is 0 Å². The number of benzene rings is 1. The number of rotatable bonds is 7. The first kappa shape index (κ1) is 23.4. The Bertz CT molecular complexity index is 1330. The average molecular weight is 477 g/mol. The smallest absolute Gasteiger partial charge is 0.277 e.